The summed E-state index contributed by atoms with van der Waals surface area (Å²) in [5.41, 5.74) is 1.06. The van der Waals surface area contributed by atoms with E-state index in [-0.39, 0.29) is 16.6 Å². The van der Waals surface area contributed by atoms with E-state index in [1.54, 1.807) is 54.6 Å². The van der Waals surface area contributed by atoms with Crippen molar-refractivity contribution in [2.24, 2.45) is 0 Å². The lowest BCUT2D eigenvalue weighted by Crippen LogP contribution is -2.12. The Labute approximate surface area is 174 Å². The van der Waals surface area contributed by atoms with Crippen LogP contribution in [-0.2, 0) is 15.6 Å². The molecule has 3 aromatic rings. The predicted octanol–water partition coefficient (Wildman–Crippen LogP) is 4.67. The summed E-state index contributed by atoms with van der Waals surface area (Å²) in [6, 6.07) is 14.9. The Balaban J connectivity index is 1.66. The molecule has 0 saturated carbocycles. The van der Waals surface area contributed by atoms with Gasteiger partial charge in [-0.3, -0.25) is 10.1 Å². The molecule has 1 amide bonds. The molecule has 29 heavy (non-hydrogen) atoms. The van der Waals surface area contributed by atoms with Crippen molar-refractivity contribution < 1.29 is 13.2 Å². The van der Waals surface area contributed by atoms with Crippen LogP contribution < -0.4 is 5.32 Å². The number of nitrogens with one attached hydrogen (secondary N) is 1. The van der Waals surface area contributed by atoms with Crippen LogP contribution in [0.25, 0.3) is 0 Å². The lowest BCUT2D eigenvalue weighted by molar-refractivity contribution is 0.102. The first kappa shape index (κ1) is 21.1. The largest absolute Gasteiger partial charge is 0.296 e. The summed E-state index contributed by atoms with van der Waals surface area (Å²) in [4.78, 5) is 12.7. The normalized spacial score (nSPS) is 11.6. The first-order valence-electron chi connectivity index (χ1n) is 9.44. The summed E-state index contributed by atoms with van der Waals surface area (Å²) in [6.45, 7) is 4.21. The van der Waals surface area contributed by atoms with Crippen LogP contribution in [0.15, 0.2) is 59.5 Å². The quantitative estimate of drug-likeness (QED) is 0.562. The van der Waals surface area contributed by atoms with Crippen molar-refractivity contribution in [2.75, 3.05) is 5.32 Å². The summed E-state index contributed by atoms with van der Waals surface area (Å²) >= 11 is 1.39. The van der Waals surface area contributed by atoms with Gasteiger partial charge in [-0.25, -0.2) is 8.42 Å². The molecule has 0 atom stereocenters. The molecule has 3 rings (SSSR count). The third kappa shape index (κ3) is 5.27. The number of nitrogens with zero attached hydrogens (tertiary/aromatic N) is 2. The van der Waals surface area contributed by atoms with Crippen LogP contribution in [0.1, 0.15) is 53.5 Å². The number of carbonyl (C=O) groups excluding carboxylic acids is 1. The monoisotopic (exact) mass is 429 g/mol. The fourth-order valence-electron chi connectivity index (χ4n) is 2.94. The van der Waals surface area contributed by atoms with Gasteiger partial charge < -0.3 is 0 Å². The number of rotatable bonds is 8. The minimum Gasteiger partial charge on any atom is -0.296 e. The minimum absolute atomic E-state index is 0.117. The molecule has 0 aliphatic carbocycles. The van der Waals surface area contributed by atoms with Crippen LogP contribution in [0.3, 0.4) is 0 Å². The van der Waals surface area contributed by atoms with Gasteiger partial charge in [-0.15, -0.1) is 10.2 Å². The topological polar surface area (TPSA) is 89.0 Å². The number of hydrogen-bond acceptors (Lipinski definition) is 6. The highest BCUT2D eigenvalue weighted by molar-refractivity contribution is 7.90. The van der Waals surface area contributed by atoms with E-state index < -0.39 is 9.84 Å². The first-order valence-corrected chi connectivity index (χ1v) is 11.9. The van der Waals surface area contributed by atoms with Crippen LogP contribution in [0.2, 0.25) is 0 Å². The molecule has 0 saturated heterocycles. The highest BCUT2D eigenvalue weighted by Gasteiger charge is 2.17. The predicted molar refractivity (Wildman–Crippen MR) is 115 cm³/mol. The van der Waals surface area contributed by atoms with Crippen LogP contribution in [-0.4, -0.2) is 24.5 Å². The van der Waals surface area contributed by atoms with Crippen molar-refractivity contribution in [3.63, 3.8) is 0 Å². The Morgan fingerprint density at radius 3 is 2.28 bits per heavy atom. The summed E-state index contributed by atoms with van der Waals surface area (Å²) in [6.07, 6.45) is 1.96. The van der Waals surface area contributed by atoms with Crippen molar-refractivity contribution in [3.8, 4) is 0 Å². The zero-order chi connectivity index (χ0) is 20.9. The number of amides is 1. The molecule has 0 unspecified atom stereocenters. The Kier molecular flexibility index (Phi) is 6.76. The Bertz CT molecular complexity index is 1060. The van der Waals surface area contributed by atoms with Gasteiger partial charge in [0, 0.05) is 11.5 Å². The molecule has 152 valence electrons. The van der Waals surface area contributed by atoms with Crippen molar-refractivity contribution in [3.05, 3.63) is 70.7 Å². The SMILES string of the molecule is CCC(CC)c1nnc(NC(=O)c2ccc(CS(=O)(=O)c3ccccc3)cc2)s1. The van der Waals surface area contributed by atoms with Gasteiger partial charge in [0.1, 0.15) is 5.01 Å². The lowest BCUT2D eigenvalue weighted by atomic mass is 10.1. The number of benzene rings is 2. The van der Waals surface area contributed by atoms with E-state index in [0.717, 1.165) is 17.8 Å². The zero-order valence-corrected chi connectivity index (χ0v) is 18.0. The molecule has 0 radical (unpaired) electrons. The fraction of sp³-hybridized carbons (Fsp3) is 0.286. The lowest BCUT2D eigenvalue weighted by Gasteiger charge is -2.06. The number of carbonyl (C=O) groups is 1. The third-order valence-electron chi connectivity index (χ3n) is 4.67. The summed E-state index contributed by atoms with van der Waals surface area (Å²) in [5, 5.41) is 12.4. The second kappa shape index (κ2) is 9.28. The Morgan fingerprint density at radius 1 is 1.00 bits per heavy atom. The van der Waals surface area contributed by atoms with Crippen LogP contribution in [0.4, 0.5) is 5.13 Å². The summed E-state index contributed by atoms with van der Waals surface area (Å²) in [5.74, 6) is -0.0626. The Morgan fingerprint density at radius 2 is 1.66 bits per heavy atom. The molecule has 8 heteroatoms. The highest BCUT2D eigenvalue weighted by atomic mass is 32.2. The van der Waals surface area contributed by atoms with Crippen LogP contribution in [0, 0.1) is 0 Å². The van der Waals surface area contributed by atoms with Gasteiger partial charge in [-0.2, -0.15) is 0 Å². The van der Waals surface area contributed by atoms with Gasteiger partial charge in [-0.1, -0.05) is 55.5 Å². The molecule has 0 bridgehead atoms. The van der Waals surface area contributed by atoms with Crippen molar-refractivity contribution in [1.29, 1.82) is 0 Å². The summed E-state index contributed by atoms with van der Waals surface area (Å²) < 4.78 is 25.0. The molecule has 0 fully saturated rings. The number of aromatic nitrogens is 2. The van der Waals surface area contributed by atoms with E-state index in [0.29, 0.717) is 22.2 Å². The second-order valence-corrected chi connectivity index (χ2v) is 9.68. The van der Waals surface area contributed by atoms with Gasteiger partial charge >= 0.3 is 0 Å². The second-order valence-electron chi connectivity index (χ2n) is 6.68. The van der Waals surface area contributed by atoms with E-state index in [2.05, 4.69) is 29.4 Å². The molecule has 1 heterocycles. The van der Waals surface area contributed by atoms with Crippen molar-refractivity contribution in [2.45, 2.75) is 43.3 Å². The molecule has 0 aliphatic rings. The zero-order valence-electron chi connectivity index (χ0n) is 16.3. The van der Waals surface area contributed by atoms with Gasteiger partial charge in [0.15, 0.2) is 9.84 Å². The fourth-order valence-corrected chi connectivity index (χ4v) is 5.32. The van der Waals surface area contributed by atoms with E-state index in [9.17, 15) is 13.2 Å². The van der Waals surface area contributed by atoms with Crippen LogP contribution in [0.5, 0.6) is 0 Å². The summed E-state index contributed by atoms with van der Waals surface area (Å²) in [7, 11) is -3.42. The smallest absolute Gasteiger partial charge is 0.257 e. The molecule has 1 N–H and O–H groups in total. The van der Waals surface area contributed by atoms with Gasteiger partial charge in [0.05, 0.1) is 10.6 Å². The molecule has 0 aliphatic heterocycles. The molecule has 1 aromatic heterocycles. The number of hydrogen-bond donors (Lipinski definition) is 1. The maximum atomic E-state index is 12.5. The van der Waals surface area contributed by atoms with E-state index in [1.807, 2.05) is 0 Å². The maximum absolute atomic E-state index is 12.5. The molecular weight excluding hydrogens is 406 g/mol. The third-order valence-corrected chi connectivity index (χ3v) is 7.38. The number of anilines is 1. The van der Waals surface area contributed by atoms with Gasteiger partial charge in [-0.05, 0) is 42.7 Å². The molecular formula is C21H23N3O3S2. The van der Waals surface area contributed by atoms with E-state index in [4.69, 9.17) is 0 Å². The van der Waals surface area contributed by atoms with Gasteiger partial charge in [0.2, 0.25) is 5.13 Å². The van der Waals surface area contributed by atoms with E-state index >= 15 is 0 Å². The standard InChI is InChI=1S/C21H23N3O3S2/c1-3-16(4-2)20-23-24-21(28-20)22-19(25)17-12-10-15(11-13-17)14-29(26,27)18-8-6-5-7-9-18/h5-13,16H,3-4,14H2,1-2H3,(H,22,24,25). The highest BCUT2D eigenvalue weighted by Crippen LogP contribution is 2.28. The van der Waals surface area contributed by atoms with Crippen molar-refractivity contribution >= 4 is 32.2 Å². The molecule has 6 nitrogen and oxygen atoms in total. The number of sulfone groups is 1. The maximum Gasteiger partial charge on any atom is 0.257 e. The average molecular weight is 430 g/mol. The molecule has 2 aromatic carbocycles. The Hall–Kier alpha value is -2.58. The van der Waals surface area contributed by atoms with Gasteiger partial charge in [0.25, 0.3) is 5.91 Å². The molecule has 0 spiro atoms. The minimum atomic E-state index is -3.42. The van der Waals surface area contributed by atoms with E-state index in [1.165, 1.54) is 11.3 Å². The average Bonchev–Trinajstić information content (AvgIpc) is 3.18. The van der Waals surface area contributed by atoms with Crippen LogP contribution >= 0.6 is 11.3 Å². The van der Waals surface area contributed by atoms with Crippen molar-refractivity contribution in [1.82, 2.24) is 10.2 Å². The first-order chi connectivity index (χ1) is 13.9.